The summed E-state index contributed by atoms with van der Waals surface area (Å²) in [6.45, 7) is 1.77. The van der Waals surface area contributed by atoms with E-state index < -0.39 is 17.6 Å². The normalized spacial score (nSPS) is 12.1. The van der Waals surface area contributed by atoms with E-state index in [1.54, 1.807) is 13.0 Å². The lowest BCUT2D eigenvalue weighted by Crippen LogP contribution is -2.32. The van der Waals surface area contributed by atoms with Gasteiger partial charge in [0.2, 0.25) is 0 Å². The van der Waals surface area contributed by atoms with E-state index in [2.05, 4.69) is 10.3 Å². The summed E-state index contributed by atoms with van der Waals surface area (Å²) in [6, 6.07) is 16.7. The fraction of sp³-hybridized carbons (Fsp3) is 0.158. The molecule has 1 aromatic heterocycles. The van der Waals surface area contributed by atoms with Crippen LogP contribution in [0.5, 0.6) is 0 Å². The van der Waals surface area contributed by atoms with Gasteiger partial charge in [0.25, 0.3) is 11.5 Å². The maximum atomic E-state index is 12.1. The summed E-state index contributed by atoms with van der Waals surface area (Å²) in [4.78, 5) is 26.4. The Hall–Kier alpha value is -2.92. The third-order valence-corrected chi connectivity index (χ3v) is 3.91. The largest absolute Gasteiger partial charge is 0.387 e. The van der Waals surface area contributed by atoms with Gasteiger partial charge in [-0.3, -0.25) is 9.59 Å². The minimum atomic E-state index is -0.844. The molecule has 1 amide bonds. The number of H-pyrrole nitrogens is 1. The Morgan fingerprint density at radius 2 is 1.88 bits per heavy atom. The van der Waals surface area contributed by atoms with Gasteiger partial charge in [-0.15, -0.1) is 0 Å². The number of rotatable bonds is 4. The van der Waals surface area contributed by atoms with E-state index in [4.69, 9.17) is 0 Å². The summed E-state index contributed by atoms with van der Waals surface area (Å²) in [7, 11) is 0. The molecule has 5 nitrogen and oxygen atoms in total. The van der Waals surface area contributed by atoms with Crippen LogP contribution in [0.15, 0.2) is 59.4 Å². The van der Waals surface area contributed by atoms with Gasteiger partial charge in [0, 0.05) is 12.2 Å². The standard InChI is InChI=1S/C19H18N2O3/c1-12-6-9-16(19(24)21-12)18(23)20-11-17(22)15-8-7-13-4-2-3-5-14(13)10-15/h2-10,17,22H,11H2,1H3,(H,20,23)(H,21,24). The van der Waals surface area contributed by atoms with Crippen LogP contribution in [0, 0.1) is 6.92 Å². The first-order valence-corrected chi connectivity index (χ1v) is 7.69. The van der Waals surface area contributed by atoms with Crippen molar-refractivity contribution in [1.29, 1.82) is 0 Å². The second-order valence-corrected chi connectivity index (χ2v) is 5.72. The predicted molar refractivity (Wildman–Crippen MR) is 93.0 cm³/mol. The molecule has 0 spiro atoms. The number of hydrogen-bond donors (Lipinski definition) is 3. The van der Waals surface area contributed by atoms with Gasteiger partial charge in [0.05, 0.1) is 6.10 Å². The SMILES string of the molecule is Cc1ccc(C(=O)NCC(O)c2ccc3ccccc3c2)c(=O)[nH]1. The van der Waals surface area contributed by atoms with E-state index in [1.807, 2.05) is 42.5 Å². The van der Waals surface area contributed by atoms with E-state index in [-0.39, 0.29) is 12.1 Å². The Kier molecular flexibility index (Phi) is 4.44. The van der Waals surface area contributed by atoms with Gasteiger partial charge in [-0.2, -0.15) is 0 Å². The molecule has 2 aromatic carbocycles. The molecule has 0 bridgehead atoms. The Bertz CT molecular complexity index is 946. The molecule has 3 N–H and O–H groups in total. The number of aryl methyl sites for hydroxylation is 1. The van der Waals surface area contributed by atoms with Crippen molar-refractivity contribution in [2.45, 2.75) is 13.0 Å². The van der Waals surface area contributed by atoms with Crippen LogP contribution in [0.25, 0.3) is 10.8 Å². The number of fused-ring (bicyclic) bond motifs is 1. The van der Waals surface area contributed by atoms with Crippen LogP contribution in [0.1, 0.15) is 27.7 Å². The Balaban J connectivity index is 1.70. The zero-order chi connectivity index (χ0) is 17.1. The smallest absolute Gasteiger partial charge is 0.260 e. The van der Waals surface area contributed by atoms with Crippen molar-refractivity contribution in [2.75, 3.05) is 6.54 Å². The van der Waals surface area contributed by atoms with Gasteiger partial charge < -0.3 is 15.4 Å². The number of benzene rings is 2. The number of carbonyl (C=O) groups is 1. The molecule has 0 saturated heterocycles. The highest BCUT2D eigenvalue weighted by Gasteiger charge is 2.13. The van der Waals surface area contributed by atoms with Gasteiger partial charge in [0.1, 0.15) is 5.56 Å². The molecular formula is C19H18N2O3. The van der Waals surface area contributed by atoms with Crippen molar-refractivity contribution in [3.63, 3.8) is 0 Å². The van der Waals surface area contributed by atoms with Crippen molar-refractivity contribution >= 4 is 16.7 Å². The van der Waals surface area contributed by atoms with Gasteiger partial charge in [0.15, 0.2) is 0 Å². The number of amides is 1. The van der Waals surface area contributed by atoms with Crippen LogP contribution in [0.4, 0.5) is 0 Å². The zero-order valence-corrected chi connectivity index (χ0v) is 13.2. The van der Waals surface area contributed by atoms with Crippen molar-refractivity contribution in [2.24, 2.45) is 0 Å². The fourth-order valence-corrected chi connectivity index (χ4v) is 2.57. The number of pyridine rings is 1. The van der Waals surface area contributed by atoms with Gasteiger partial charge in [-0.25, -0.2) is 0 Å². The molecule has 1 heterocycles. The molecule has 122 valence electrons. The Morgan fingerprint density at radius 1 is 1.12 bits per heavy atom. The molecule has 3 rings (SSSR count). The van der Waals surface area contributed by atoms with Crippen LogP contribution >= 0.6 is 0 Å². The molecule has 24 heavy (non-hydrogen) atoms. The van der Waals surface area contributed by atoms with Crippen molar-refractivity contribution in [3.8, 4) is 0 Å². The third kappa shape index (κ3) is 3.36. The molecule has 3 aromatic rings. The summed E-state index contributed by atoms with van der Waals surface area (Å²) in [5, 5.41) is 15.0. The molecule has 1 unspecified atom stereocenters. The van der Waals surface area contributed by atoms with E-state index >= 15 is 0 Å². The average molecular weight is 322 g/mol. The number of aliphatic hydroxyl groups excluding tert-OH is 1. The van der Waals surface area contributed by atoms with Crippen LogP contribution < -0.4 is 10.9 Å². The predicted octanol–water partition coefficient (Wildman–Crippen LogP) is 2.30. The fourth-order valence-electron chi connectivity index (χ4n) is 2.57. The summed E-state index contributed by atoms with van der Waals surface area (Å²) >= 11 is 0. The van der Waals surface area contributed by atoms with Gasteiger partial charge >= 0.3 is 0 Å². The van der Waals surface area contributed by atoms with Gasteiger partial charge in [-0.1, -0.05) is 36.4 Å². The lowest BCUT2D eigenvalue weighted by Gasteiger charge is -2.13. The highest BCUT2D eigenvalue weighted by Crippen LogP contribution is 2.20. The Morgan fingerprint density at radius 3 is 2.62 bits per heavy atom. The van der Waals surface area contributed by atoms with E-state index in [1.165, 1.54) is 6.07 Å². The molecule has 0 aliphatic heterocycles. The number of carbonyl (C=O) groups excluding carboxylic acids is 1. The van der Waals surface area contributed by atoms with Crippen LogP contribution in [-0.4, -0.2) is 22.5 Å². The first-order valence-electron chi connectivity index (χ1n) is 7.69. The summed E-state index contributed by atoms with van der Waals surface area (Å²) in [5.41, 5.74) is 0.999. The van der Waals surface area contributed by atoms with E-state index in [0.717, 1.165) is 10.8 Å². The van der Waals surface area contributed by atoms with E-state index in [0.29, 0.717) is 11.3 Å². The highest BCUT2D eigenvalue weighted by atomic mass is 16.3. The number of aromatic nitrogens is 1. The second kappa shape index (κ2) is 6.68. The van der Waals surface area contributed by atoms with Crippen molar-refractivity contribution in [1.82, 2.24) is 10.3 Å². The maximum Gasteiger partial charge on any atom is 0.260 e. The number of nitrogens with one attached hydrogen (secondary N) is 2. The summed E-state index contributed by atoms with van der Waals surface area (Å²) in [5.74, 6) is -0.504. The molecule has 0 radical (unpaired) electrons. The number of aliphatic hydroxyl groups is 1. The lowest BCUT2D eigenvalue weighted by molar-refractivity contribution is 0.0915. The first-order chi connectivity index (χ1) is 11.5. The molecule has 1 atom stereocenters. The molecular weight excluding hydrogens is 304 g/mol. The van der Waals surface area contributed by atoms with Crippen molar-refractivity contribution in [3.05, 3.63) is 81.8 Å². The lowest BCUT2D eigenvalue weighted by atomic mass is 10.0. The first kappa shape index (κ1) is 16.0. The van der Waals surface area contributed by atoms with Crippen LogP contribution in [-0.2, 0) is 0 Å². The second-order valence-electron chi connectivity index (χ2n) is 5.72. The minimum absolute atomic E-state index is 0.0322. The van der Waals surface area contributed by atoms with Crippen molar-refractivity contribution < 1.29 is 9.90 Å². The average Bonchev–Trinajstić information content (AvgIpc) is 2.59. The minimum Gasteiger partial charge on any atom is -0.387 e. The van der Waals surface area contributed by atoms with Crippen LogP contribution in [0.2, 0.25) is 0 Å². The Labute approximate surface area is 139 Å². The zero-order valence-electron chi connectivity index (χ0n) is 13.2. The van der Waals surface area contributed by atoms with Crippen LogP contribution in [0.3, 0.4) is 0 Å². The van der Waals surface area contributed by atoms with Gasteiger partial charge in [-0.05, 0) is 41.5 Å². The maximum absolute atomic E-state index is 12.1. The highest BCUT2D eigenvalue weighted by molar-refractivity contribution is 5.93. The molecule has 0 aliphatic rings. The number of hydrogen-bond acceptors (Lipinski definition) is 3. The summed E-state index contributed by atoms with van der Waals surface area (Å²) in [6.07, 6.45) is -0.844. The monoisotopic (exact) mass is 322 g/mol. The quantitative estimate of drug-likeness (QED) is 0.689. The molecule has 0 aliphatic carbocycles. The molecule has 0 fully saturated rings. The molecule has 5 heteroatoms. The van der Waals surface area contributed by atoms with E-state index in [9.17, 15) is 14.7 Å². The topological polar surface area (TPSA) is 82.2 Å². The molecule has 0 saturated carbocycles. The summed E-state index contributed by atoms with van der Waals surface area (Å²) < 4.78 is 0. The number of aromatic amines is 1. The third-order valence-electron chi connectivity index (χ3n) is 3.91.